The van der Waals surface area contributed by atoms with Crippen molar-refractivity contribution in [1.82, 2.24) is 20.0 Å². The number of carbonyl (C=O) groups excluding carboxylic acids is 1. The molecule has 1 saturated heterocycles. The van der Waals surface area contributed by atoms with E-state index in [4.69, 9.17) is 0 Å². The second kappa shape index (κ2) is 7.87. The van der Waals surface area contributed by atoms with Gasteiger partial charge in [0.2, 0.25) is 5.91 Å². The summed E-state index contributed by atoms with van der Waals surface area (Å²) in [7, 11) is 1.87. The van der Waals surface area contributed by atoms with Gasteiger partial charge >= 0.3 is 0 Å². The summed E-state index contributed by atoms with van der Waals surface area (Å²) in [4.78, 5) is 25.6. The smallest absolute Gasteiger partial charge is 0.269 e. The van der Waals surface area contributed by atoms with E-state index in [0.717, 1.165) is 17.7 Å². The zero-order chi connectivity index (χ0) is 19.6. The highest BCUT2D eigenvalue weighted by atomic mass is 16.6. The van der Waals surface area contributed by atoms with Crippen molar-refractivity contribution >= 4 is 11.6 Å². The highest BCUT2D eigenvalue weighted by Crippen LogP contribution is 2.30. The number of nitro groups is 1. The maximum Gasteiger partial charge on any atom is 0.269 e. The van der Waals surface area contributed by atoms with Crippen LogP contribution in [0.2, 0.25) is 0 Å². The Balaban J connectivity index is 1.77. The normalized spacial score (nSPS) is 19.4. The van der Waals surface area contributed by atoms with Crippen molar-refractivity contribution < 1.29 is 9.72 Å². The van der Waals surface area contributed by atoms with Crippen LogP contribution in [-0.4, -0.2) is 44.6 Å². The molecular weight excluding hydrogens is 346 g/mol. The molecule has 2 atom stereocenters. The summed E-state index contributed by atoms with van der Waals surface area (Å²) in [5.41, 5.74) is 2.00. The van der Waals surface area contributed by atoms with Gasteiger partial charge in [-0.2, -0.15) is 5.10 Å². The summed E-state index contributed by atoms with van der Waals surface area (Å²) >= 11 is 0. The van der Waals surface area contributed by atoms with Gasteiger partial charge in [-0.15, -0.1) is 0 Å². The van der Waals surface area contributed by atoms with Gasteiger partial charge in [0.15, 0.2) is 0 Å². The molecule has 3 rings (SSSR count). The van der Waals surface area contributed by atoms with Crippen molar-refractivity contribution in [3.63, 3.8) is 0 Å². The van der Waals surface area contributed by atoms with Crippen LogP contribution in [0.15, 0.2) is 36.7 Å². The third kappa shape index (κ3) is 4.16. The Morgan fingerprint density at radius 3 is 2.63 bits per heavy atom. The molecular formula is C19H25N5O3. The number of nitrogens with one attached hydrogen (secondary N) is 1. The summed E-state index contributed by atoms with van der Waals surface area (Å²) in [5, 5.41) is 18.4. The molecule has 0 aliphatic carbocycles. The molecule has 8 nitrogen and oxygen atoms in total. The van der Waals surface area contributed by atoms with E-state index < -0.39 is 4.92 Å². The summed E-state index contributed by atoms with van der Waals surface area (Å²) in [6.07, 6.45) is 3.79. The van der Waals surface area contributed by atoms with Gasteiger partial charge in [0.25, 0.3) is 5.69 Å². The van der Waals surface area contributed by atoms with Crippen molar-refractivity contribution in [2.45, 2.75) is 32.4 Å². The number of non-ortho nitro benzene ring substituents is 1. The van der Waals surface area contributed by atoms with Crippen molar-refractivity contribution in [3.05, 3.63) is 57.9 Å². The molecule has 8 heteroatoms. The lowest BCUT2D eigenvalue weighted by atomic mass is 9.89. The first-order valence-corrected chi connectivity index (χ1v) is 9.10. The number of benzene rings is 1. The molecule has 144 valence electrons. The molecule has 0 radical (unpaired) electrons. The van der Waals surface area contributed by atoms with E-state index in [9.17, 15) is 14.9 Å². The van der Waals surface area contributed by atoms with Crippen LogP contribution in [0.3, 0.4) is 0 Å². The summed E-state index contributed by atoms with van der Waals surface area (Å²) < 4.78 is 1.76. The topological polar surface area (TPSA) is 93.3 Å². The largest absolute Gasteiger partial charge is 0.336 e. The summed E-state index contributed by atoms with van der Waals surface area (Å²) in [6.45, 7) is 5.81. The van der Waals surface area contributed by atoms with Crippen LogP contribution in [0.4, 0.5) is 5.69 Å². The number of hydrogen-bond acceptors (Lipinski definition) is 5. The van der Waals surface area contributed by atoms with Crippen molar-refractivity contribution in [1.29, 1.82) is 0 Å². The Hall–Kier alpha value is -2.74. The first-order chi connectivity index (χ1) is 12.9. The van der Waals surface area contributed by atoms with Gasteiger partial charge in [-0.3, -0.25) is 19.6 Å². The number of amides is 1. The highest BCUT2D eigenvalue weighted by Gasteiger charge is 2.37. The van der Waals surface area contributed by atoms with Crippen LogP contribution in [0.25, 0.3) is 0 Å². The quantitative estimate of drug-likeness (QED) is 0.620. The van der Waals surface area contributed by atoms with E-state index in [-0.39, 0.29) is 29.5 Å². The predicted molar refractivity (Wildman–Crippen MR) is 101 cm³/mol. The van der Waals surface area contributed by atoms with E-state index in [1.165, 1.54) is 12.1 Å². The minimum atomic E-state index is -0.419. The Bertz CT molecular complexity index is 815. The Morgan fingerprint density at radius 1 is 1.37 bits per heavy atom. The molecule has 1 aliphatic heterocycles. The summed E-state index contributed by atoms with van der Waals surface area (Å²) in [5.74, 6) is 0.0566. The zero-order valence-corrected chi connectivity index (χ0v) is 15.8. The third-order valence-electron chi connectivity index (χ3n) is 5.09. The number of aromatic nitrogens is 2. The Morgan fingerprint density at radius 2 is 2.07 bits per heavy atom. The van der Waals surface area contributed by atoms with Crippen molar-refractivity contribution in [2.24, 2.45) is 13.0 Å². The number of carbonyl (C=O) groups is 1. The first-order valence-electron chi connectivity index (χ1n) is 9.10. The monoisotopic (exact) mass is 371 g/mol. The Kier molecular flexibility index (Phi) is 5.55. The van der Waals surface area contributed by atoms with Crippen LogP contribution in [0, 0.1) is 16.0 Å². The van der Waals surface area contributed by atoms with E-state index in [1.807, 2.05) is 38.2 Å². The lowest BCUT2D eigenvalue weighted by molar-refractivity contribution is -0.384. The van der Waals surface area contributed by atoms with Crippen molar-refractivity contribution in [3.8, 4) is 0 Å². The second-order valence-electron chi connectivity index (χ2n) is 7.30. The number of nitro benzene ring substituents is 1. The SMILES string of the molecule is CC(C)N(Cc1ccc([N+](=O)[O-])cc1)C(=O)[C@H]1CNC[C@@H]1c1cnn(C)c1. The van der Waals surface area contributed by atoms with Gasteiger partial charge in [-0.25, -0.2) is 0 Å². The minimum Gasteiger partial charge on any atom is -0.336 e. The van der Waals surface area contributed by atoms with E-state index in [1.54, 1.807) is 16.8 Å². The van der Waals surface area contributed by atoms with Crippen LogP contribution in [0.1, 0.15) is 30.9 Å². The molecule has 27 heavy (non-hydrogen) atoms. The standard InChI is InChI=1S/C19H25N5O3/c1-13(2)23(11-14-4-6-16(7-5-14)24(26)27)19(25)18-10-20-9-17(18)15-8-21-22(3)12-15/h4-8,12-13,17-18,20H,9-11H2,1-3H3/t17-,18+/m1/s1. The van der Waals surface area contributed by atoms with Gasteiger partial charge in [-0.1, -0.05) is 12.1 Å². The molecule has 1 aromatic heterocycles. The molecule has 0 saturated carbocycles. The van der Waals surface area contributed by atoms with Crippen LogP contribution >= 0.6 is 0 Å². The van der Waals surface area contributed by atoms with Gasteiger partial charge in [0, 0.05) is 57.0 Å². The number of hydrogen-bond donors (Lipinski definition) is 1. The fourth-order valence-corrected chi connectivity index (χ4v) is 3.57. The van der Waals surface area contributed by atoms with E-state index in [2.05, 4.69) is 10.4 Å². The molecule has 1 fully saturated rings. The van der Waals surface area contributed by atoms with Gasteiger partial charge in [0.1, 0.15) is 0 Å². The van der Waals surface area contributed by atoms with Gasteiger partial charge in [0.05, 0.1) is 17.0 Å². The molecule has 1 amide bonds. The maximum absolute atomic E-state index is 13.3. The molecule has 1 aliphatic rings. The lowest BCUT2D eigenvalue weighted by Crippen LogP contribution is -2.42. The van der Waals surface area contributed by atoms with Gasteiger partial charge < -0.3 is 10.2 Å². The number of rotatable bonds is 6. The van der Waals surface area contributed by atoms with Crippen LogP contribution < -0.4 is 5.32 Å². The maximum atomic E-state index is 13.3. The van der Waals surface area contributed by atoms with E-state index in [0.29, 0.717) is 13.1 Å². The predicted octanol–water partition coefficient (Wildman–Crippen LogP) is 2.07. The molecule has 1 N–H and O–H groups in total. The van der Waals surface area contributed by atoms with Gasteiger partial charge in [-0.05, 0) is 25.0 Å². The van der Waals surface area contributed by atoms with E-state index >= 15 is 0 Å². The fraction of sp³-hybridized carbons (Fsp3) is 0.474. The second-order valence-corrected chi connectivity index (χ2v) is 7.30. The van der Waals surface area contributed by atoms with Crippen LogP contribution in [0.5, 0.6) is 0 Å². The molecule has 2 heterocycles. The molecule has 0 bridgehead atoms. The molecule has 0 unspecified atom stereocenters. The molecule has 0 spiro atoms. The number of aryl methyl sites for hydroxylation is 1. The zero-order valence-electron chi connectivity index (χ0n) is 15.8. The Labute approximate surface area is 158 Å². The van der Waals surface area contributed by atoms with Crippen molar-refractivity contribution in [2.75, 3.05) is 13.1 Å². The van der Waals surface area contributed by atoms with Crippen LogP contribution in [-0.2, 0) is 18.4 Å². The molecule has 1 aromatic carbocycles. The third-order valence-corrected chi connectivity index (χ3v) is 5.09. The lowest BCUT2D eigenvalue weighted by Gasteiger charge is -2.31. The highest BCUT2D eigenvalue weighted by molar-refractivity contribution is 5.81. The number of nitrogens with zero attached hydrogens (tertiary/aromatic N) is 4. The average molecular weight is 371 g/mol. The molecule has 2 aromatic rings. The first kappa shape index (κ1) is 19.0. The minimum absolute atomic E-state index is 0.0304. The average Bonchev–Trinajstić information content (AvgIpc) is 3.27. The summed E-state index contributed by atoms with van der Waals surface area (Å²) in [6, 6.07) is 6.42. The fourth-order valence-electron chi connectivity index (χ4n) is 3.57.